The van der Waals surface area contributed by atoms with Crippen LogP contribution in [0.2, 0.25) is 0 Å². The van der Waals surface area contributed by atoms with E-state index >= 15 is 0 Å². The molecule has 2 N–H and O–H groups in total. The van der Waals surface area contributed by atoms with Crippen molar-refractivity contribution in [2.24, 2.45) is 0 Å². The number of nitrogens with one attached hydrogen (secondary N) is 2. The summed E-state index contributed by atoms with van der Waals surface area (Å²) in [6.45, 7) is 1.63. The molecule has 0 unspecified atom stereocenters. The van der Waals surface area contributed by atoms with Crippen molar-refractivity contribution in [1.82, 2.24) is 10.3 Å². The smallest absolute Gasteiger partial charge is 0.261 e. The minimum atomic E-state index is -0.628. The second-order valence-corrected chi connectivity index (χ2v) is 4.82. The molecule has 2 heterocycles. The van der Waals surface area contributed by atoms with Crippen molar-refractivity contribution < 1.29 is 9.59 Å². The normalized spacial score (nSPS) is 11.6. The molecule has 0 aromatic carbocycles. The number of thiophene rings is 1. The number of pyridine rings is 1. The zero-order valence-electron chi connectivity index (χ0n) is 10.3. The fourth-order valence-electron chi connectivity index (χ4n) is 1.41. The number of nitrogens with zero attached hydrogens (tertiary/aromatic N) is 1. The fraction of sp³-hybridized carbons (Fsp3) is 0.154. The Morgan fingerprint density at radius 3 is 2.74 bits per heavy atom. The van der Waals surface area contributed by atoms with E-state index in [2.05, 4.69) is 15.6 Å². The van der Waals surface area contributed by atoms with Gasteiger partial charge in [-0.15, -0.1) is 11.3 Å². The molecule has 5 nitrogen and oxygen atoms in total. The molecule has 0 spiro atoms. The summed E-state index contributed by atoms with van der Waals surface area (Å²) in [7, 11) is 0. The van der Waals surface area contributed by atoms with Crippen molar-refractivity contribution >= 4 is 29.0 Å². The summed E-state index contributed by atoms with van der Waals surface area (Å²) >= 11 is 1.33. The Morgan fingerprint density at radius 2 is 2.11 bits per heavy atom. The van der Waals surface area contributed by atoms with Crippen molar-refractivity contribution in [2.75, 3.05) is 5.32 Å². The van der Waals surface area contributed by atoms with Gasteiger partial charge in [-0.25, -0.2) is 4.98 Å². The molecule has 2 aromatic rings. The summed E-state index contributed by atoms with van der Waals surface area (Å²) in [6, 6.07) is 8.10. The molecule has 6 heteroatoms. The van der Waals surface area contributed by atoms with E-state index in [0.717, 1.165) is 0 Å². The zero-order valence-corrected chi connectivity index (χ0v) is 11.1. The van der Waals surface area contributed by atoms with Crippen LogP contribution in [0.25, 0.3) is 0 Å². The van der Waals surface area contributed by atoms with E-state index in [1.54, 1.807) is 43.5 Å². The Labute approximate surface area is 114 Å². The summed E-state index contributed by atoms with van der Waals surface area (Å²) in [5.74, 6) is -0.0907. The van der Waals surface area contributed by atoms with Gasteiger partial charge in [0.05, 0.1) is 4.88 Å². The highest BCUT2D eigenvalue weighted by Crippen LogP contribution is 2.08. The van der Waals surface area contributed by atoms with Crippen molar-refractivity contribution in [3.05, 3.63) is 46.8 Å². The van der Waals surface area contributed by atoms with E-state index in [4.69, 9.17) is 0 Å². The highest BCUT2D eigenvalue weighted by molar-refractivity contribution is 7.12. The number of amides is 2. The third kappa shape index (κ3) is 3.62. The van der Waals surface area contributed by atoms with Crippen molar-refractivity contribution in [3.8, 4) is 0 Å². The molecule has 98 valence electrons. The van der Waals surface area contributed by atoms with Crippen LogP contribution in [0.3, 0.4) is 0 Å². The zero-order chi connectivity index (χ0) is 13.7. The van der Waals surface area contributed by atoms with E-state index in [1.165, 1.54) is 11.3 Å². The van der Waals surface area contributed by atoms with E-state index in [1.807, 2.05) is 5.38 Å². The first-order chi connectivity index (χ1) is 9.16. The van der Waals surface area contributed by atoms with Crippen LogP contribution >= 0.6 is 11.3 Å². The van der Waals surface area contributed by atoms with Crippen LogP contribution in [0.15, 0.2) is 41.9 Å². The highest BCUT2D eigenvalue weighted by atomic mass is 32.1. The molecule has 0 bridgehead atoms. The van der Waals surface area contributed by atoms with Crippen LogP contribution in [-0.4, -0.2) is 22.8 Å². The Kier molecular flexibility index (Phi) is 4.25. The van der Waals surface area contributed by atoms with Crippen LogP contribution in [0, 0.1) is 0 Å². The summed E-state index contributed by atoms with van der Waals surface area (Å²) in [4.78, 5) is 28.2. The molecule has 19 heavy (non-hydrogen) atoms. The standard InChI is InChI=1S/C13H13N3O2S/c1-9(15-13(18)10-5-4-8-19-10)12(17)16-11-6-2-3-7-14-11/h2-9H,1H3,(H,15,18)(H,14,16,17)/t9-/m0/s1. The topological polar surface area (TPSA) is 71.1 Å². The molecular weight excluding hydrogens is 262 g/mol. The Balaban J connectivity index is 1.91. The molecule has 2 aromatic heterocycles. The largest absolute Gasteiger partial charge is 0.340 e. The van der Waals surface area contributed by atoms with Gasteiger partial charge in [0.1, 0.15) is 11.9 Å². The van der Waals surface area contributed by atoms with Gasteiger partial charge >= 0.3 is 0 Å². The first-order valence-electron chi connectivity index (χ1n) is 5.73. The summed E-state index contributed by atoms with van der Waals surface area (Å²) in [5.41, 5.74) is 0. The van der Waals surface area contributed by atoms with Gasteiger partial charge in [-0.3, -0.25) is 9.59 Å². The molecule has 0 radical (unpaired) electrons. The number of hydrogen-bond donors (Lipinski definition) is 2. The van der Waals surface area contributed by atoms with E-state index in [9.17, 15) is 9.59 Å². The minimum Gasteiger partial charge on any atom is -0.340 e. The number of hydrogen-bond acceptors (Lipinski definition) is 4. The Morgan fingerprint density at radius 1 is 1.26 bits per heavy atom. The van der Waals surface area contributed by atoms with Crippen molar-refractivity contribution in [3.63, 3.8) is 0 Å². The molecule has 0 aliphatic carbocycles. The number of carbonyl (C=O) groups is 2. The monoisotopic (exact) mass is 275 g/mol. The van der Waals surface area contributed by atoms with Gasteiger partial charge in [0.25, 0.3) is 5.91 Å². The van der Waals surface area contributed by atoms with Crippen LogP contribution in [-0.2, 0) is 4.79 Å². The predicted molar refractivity (Wildman–Crippen MR) is 74.1 cm³/mol. The van der Waals surface area contributed by atoms with Crippen LogP contribution in [0.4, 0.5) is 5.82 Å². The van der Waals surface area contributed by atoms with E-state index in [-0.39, 0.29) is 11.8 Å². The molecule has 0 saturated carbocycles. The maximum atomic E-state index is 11.9. The highest BCUT2D eigenvalue weighted by Gasteiger charge is 2.17. The van der Waals surface area contributed by atoms with Gasteiger partial charge in [0.15, 0.2) is 0 Å². The SMILES string of the molecule is C[C@H](NC(=O)c1cccs1)C(=O)Nc1ccccn1. The maximum Gasteiger partial charge on any atom is 0.261 e. The number of anilines is 1. The van der Waals surface area contributed by atoms with Gasteiger partial charge in [0.2, 0.25) is 5.91 Å². The van der Waals surface area contributed by atoms with Gasteiger partial charge in [0, 0.05) is 6.20 Å². The number of aromatic nitrogens is 1. The molecular formula is C13H13N3O2S. The van der Waals surface area contributed by atoms with Gasteiger partial charge < -0.3 is 10.6 Å². The van der Waals surface area contributed by atoms with Crippen molar-refractivity contribution in [2.45, 2.75) is 13.0 Å². The summed E-state index contributed by atoms with van der Waals surface area (Å²) in [5, 5.41) is 7.08. The van der Waals surface area contributed by atoms with E-state index in [0.29, 0.717) is 10.7 Å². The number of carbonyl (C=O) groups excluding carboxylic acids is 2. The predicted octanol–water partition coefficient (Wildman–Crippen LogP) is 1.90. The maximum absolute atomic E-state index is 11.9. The molecule has 2 rings (SSSR count). The average Bonchev–Trinajstić information content (AvgIpc) is 2.93. The fourth-order valence-corrected chi connectivity index (χ4v) is 2.04. The lowest BCUT2D eigenvalue weighted by Crippen LogP contribution is -2.41. The quantitative estimate of drug-likeness (QED) is 0.895. The van der Waals surface area contributed by atoms with Gasteiger partial charge in [-0.2, -0.15) is 0 Å². The molecule has 0 aliphatic rings. The van der Waals surface area contributed by atoms with Crippen LogP contribution in [0.1, 0.15) is 16.6 Å². The van der Waals surface area contributed by atoms with Gasteiger partial charge in [-0.1, -0.05) is 12.1 Å². The van der Waals surface area contributed by atoms with Gasteiger partial charge in [-0.05, 0) is 30.5 Å². The Bertz CT molecular complexity index is 555. The van der Waals surface area contributed by atoms with Crippen LogP contribution < -0.4 is 10.6 Å². The third-order valence-corrected chi connectivity index (χ3v) is 3.27. The molecule has 2 amide bonds. The lowest BCUT2D eigenvalue weighted by Gasteiger charge is -2.12. The lowest BCUT2D eigenvalue weighted by molar-refractivity contribution is -0.117. The third-order valence-electron chi connectivity index (χ3n) is 2.40. The minimum absolute atomic E-state index is 0.251. The summed E-state index contributed by atoms with van der Waals surface area (Å²) < 4.78 is 0. The average molecular weight is 275 g/mol. The lowest BCUT2D eigenvalue weighted by atomic mass is 10.3. The second-order valence-electron chi connectivity index (χ2n) is 3.88. The molecule has 0 aliphatic heterocycles. The first-order valence-corrected chi connectivity index (χ1v) is 6.61. The number of rotatable bonds is 4. The van der Waals surface area contributed by atoms with Crippen LogP contribution in [0.5, 0.6) is 0 Å². The van der Waals surface area contributed by atoms with E-state index < -0.39 is 6.04 Å². The molecule has 1 atom stereocenters. The first kappa shape index (κ1) is 13.2. The summed E-state index contributed by atoms with van der Waals surface area (Å²) in [6.07, 6.45) is 1.59. The molecule has 0 saturated heterocycles. The second kappa shape index (κ2) is 6.10. The molecule has 0 fully saturated rings. The van der Waals surface area contributed by atoms with Crippen molar-refractivity contribution in [1.29, 1.82) is 0 Å². The Hall–Kier alpha value is -2.21.